The number of aromatic amines is 1. The zero-order valence-corrected chi connectivity index (χ0v) is 17.5. The fraction of sp³-hybridized carbons (Fsp3) is 0.273. The maximum Gasteiger partial charge on any atom is 0.325 e. The largest absolute Gasteiger partial charge is 0.480 e. The van der Waals surface area contributed by atoms with Gasteiger partial charge >= 0.3 is 5.97 Å². The Labute approximate surface area is 179 Å². The molecule has 0 amide bonds. The van der Waals surface area contributed by atoms with Crippen LogP contribution in [0.3, 0.4) is 0 Å². The molecule has 0 saturated carbocycles. The maximum atomic E-state index is 13.4. The Bertz CT molecular complexity index is 1240. The monoisotopic (exact) mass is 471 g/mol. The average molecular weight is 472 g/mol. The van der Waals surface area contributed by atoms with Crippen LogP contribution in [-0.2, 0) is 4.79 Å². The van der Waals surface area contributed by atoms with Gasteiger partial charge in [0.05, 0.1) is 5.69 Å². The number of carboxylic acid groups (broad SMARTS) is 1. The van der Waals surface area contributed by atoms with E-state index >= 15 is 0 Å². The lowest BCUT2D eigenvalue weighted by atomic mass is 9.90. The van der Waals surface area contributed by atoms with Crippen molar-refractivity contribution in [2.45, 2.75) is 24.8 Å². The Morgan fingerprint density at radius 3 is 2.80 bits per heavy atom. The van der Waals surface area contributed by atoms with E-state index in [9.17, 15) is 14.3 Å². The number of carbonyl (C=O) groups is 1. The Kier molecular flexibility index (Phi) is 4.83. The molecule has 3 heterocycles. The SMILES string of the molecule is O=C(O)[C@@H](c1c[nH]c2ccc(Br)cc12)N1CCC(c2noc3cc(F)ccc23)CC1. The molecule has 0 unspecified atom stereocenters. The number of halogens is 2. The van der Waals surface area contributed by atoms with Gasteiger partial charge in [-0.15, -0.1) is 0 Å². The Morgan fingerprint density at radius 2 is 2.03 bits per heavy atom. The molecular weight excluding hydrogens is 453 g/mol. The number of nitrogens with one attached hydrogen (secondary N) is 1. The highest BCUT2D eigenvalue weighted by atomic mass is 79.9. The summed E-state index contributed by atoms with van der Waals surface area (Å²) in [7, 11) is 0. The summed E-state index contributed by atoms with van der Waals surface area (Å²) in [4.78, 5) is 17.4. The van der Waals surface area contributed by atoms with Crippen molar-refractivity contribution in [1.82, 2.24) is 15.0 Å². The minimum Gasteiger partial charge on any atom is -0.480 e. The van der Waals surface area contributed by atoms with Gasteiger partial charge in [-0.1, -0.05) is 21.1 Å². The van der Waals surface area contributed by atoms with Gasteiger partial charge in [-0.2, -0.15) is 0 Å². The van der Waals surface area contributed by atoms with Crippen LogP contribution < -0.4 is 0 Å². The fourth-order valence-electron chi connectivity index (χ4n) is 4.48. The molecular formula is C22H19BrFN3O3. The van der Waals surface area contributed by atoms with Gasteiger partial charge in [-0.25, -0.2) is 4.39 Å². The predicted molar refractivity (Wildman–Crippen MR) is 114 cm³/mol. The lowest BCUT2D eigenvalue weighted by Crippen LogP contribution is -2.39. The summed E-state index contributed by atoms with van der Waals surface area (Å²) in [5.74, 6) is -1.06. The third kappa shape index (κ3) is 3.30. The lowest BCUT2D eigenvalue weighted by molar-refractivity contribution is -0.144. The molecule has 5 rings (SSSR count). The van der Waals surface area contributed by atoms with Crippen LogP contribution in [0.15, 0.2) is 51.6 Å². The molecule has 0 aliphatic carbocycles. The molecule has 1 aliphatic heterocycles. The summed E-state index contributed by atoms with van der Waals surface area (Å²) >= 11 is 3.47. The van der Waals surface area contributed by atoms with Crippen molar-refractivity contribution in [3.63, 3.8) is 0 Å². The molecule has 1 aliphatic rings. The number of nitrogens with zero attached hydrogens (tertiary/aromatic N) is 2. The number of benzene rings is 2. The number of likely N-dealkylation sites (tertiary alicyclic amines) is 1. The van der Waals surface area contributed by atoms with Gasteiger partial charge in [0.1, 0.15) is 11.9 Å². The number of hydrogen-bond donors (Lipinski definition) is 2. The van der Waals surface area contributed by atoms with E-state index in [1.165, 1.54) is 12.1 Å². The van der Waals surface area contributed by atoms with E-state index in [-0.39, 0.29) is 11.7 Å². The first kappa shape index (κ1) is 19.3. The topological polar surface area (TPSA) is 82.4 Å². The van der Waals surface area contributed by atoms with Crippen LogP contribution in [0.2, 0.25) is 0 Å². The normalized spacial score (nSPS) is 17.0. The molecule has 0 radical (unpaired) electrons. The molecule has 2 N–H and O–H groups in total. The summed E-state index contributed by atoms with van der Waals surface area (Å²) < 4.78 is 19.6. The molecule has 1 atom stereocenters. The van der Waals surface area contributed by atoms with E-state index in [0.717, 1.165) is 44.9 Å². The number of rotatable bonds is 4. The first-order chi connectivity index (χ1) is 14.5. The van der Waals surface area contributed by atoms with Gasteiger partial charge in [-0.05, 0) is 56.3 Å². The van der Waals surface area contributed by atoms with Gasteiger partial charge in [0.2, 0.25) is 0 Å². The molecule has 2 aromatic heterocycles. The number of aliphatic carboxylic acids is 1. The summed E-state index contributed by atoms with van der Waals surface area (Å²) in [6, 6.07) is 9.55. The summed E-state index contributed by atoms with van der Waals surface area (Å²) in [5, 5.41) is 15.9. The minimum atomic E-state index is -0.864. The highest BCUT2D eigenvalue weighted by molar-refractivity contribution is 9.10. The van der Waals surface area contributed by atoms with Crippen molar-refractivity contribution >= 4 is 43.8 Å². The minimum absolute atomic E-state index is 0.152. The molecule has 0 bridgehead atoms. The van der Waals surface area contributed by atoms with E-state index in [1.807, 2.05) is 23.1 Å². The number of carboxylic acids is 1. The van der Waals surface area contributed by atoms with Gasteiger partial charge in [0, 0.05) is 44.5 Å². The average Bonchev–Trinajstić information content (AvgIpc) is 3.32. The van der Waals surface area contributed by atoms with Crippen molar-refractivity contribution < 1.29 is 18.8 Å². The number of fused-ring (bicyclic) bond motifs is 2. The number of piperidine rings is 1. The van der Waals surface area contributed by atoms with Crippen molar-refractivity contribution in [1.29, 1.82) is 0 Å². The molecule has 2 aromatic carbocycles. The number of hydrogen-bond acceptors (Lipinski definition) is 4. The van der Waals surface area contributed by atoms with Crippen LogP contribution in [0, 0.1) is 5.82 Å². The molecule has 1 saturated heterocycles. The van der Waals surface area contributed by atoms with Crippen molar-refractivity contribution in [3.05, 3.63) is 64.1 Å². The zero-order valence-electron chi connectivity index (χ0n) is 15.9. The highest BCUT2D eigenvalue weighted by Gasteiger charge is 2.34. The third-order valence-corrected chi connectivity index (χ3v) is 6.44. The maximum absolute atomic E-state index is 13.4. The quantitative estimate of drug-likeness (QED) is 0.426. The van der Waals surface area contributed by atoms with Crippen molar-refractivity contribution in [3.8, 4) is 0 Å². The summed E-state index contributed by atoms with van der Waals surface area (Å²) in [5.41, 5.74) is 2.95. The first-order valence-electron chi connectivity index (χ1n) is 9.79. The van der Waals surface area contributed by atoms with E-state index in [1.54, 1.807) is 12.3 Å². The van der Waals surface area contributed by atoms with Crippen LogP contribution >= 0.6 is 15.9 Å². The smallest absolute Gasteiger partial charge is 0.325 e. The number of H-pyrrole nitrogens is 1. The van der Waals surface area contributed by atoms with Crippen LogP contribution in [0.5, 0.6) is 0 Å². The van der Waals surface area contributed by atoms with Gasteiger partial charge < -0.3 is 14.6 Å². The zero-order chi connectivity index (χ0) is 20.8. The second kappa shape index (κ2) is 7.52. The molecule has 6 nitrogen and oxygen atoms in total. The highest BCUT2D eigenvalue weighted by Crippen LogP contribution is 2.37. The van der Waals surface area contributed by atoms with E-state index < -0.39 is 12.0 Å². The van der Waals surface area contributed by atoms with E-state index in [2.05, 4.69) is 26.1 Å². The van der Waals surface area contributed by atoms with Gasteiger partial charge in [0.25, 0.3) is 0 Å². The van der Waals surface area contributed by atoms with Gasteiger partial charge in [-0.3, -0.25) is 9.69 Å². The number of aromatic nitrogens is 2. The van der Waals surface area contributed by atoms with Crippen molar-refractivity contribution in [2.24, 2.45) is 0 Å². The van der Waals surface area contributed by atoms with E-state index in [0.29, 0.717) is 18.7 Å². The molecule has 1 fully saturated rings. The third-order valence-electron chi connectivity index (χ3n) is 5.95. The Morgan fingerprint density at radius 1 is 1.23 bits per heavy atom. The van der Waals surface area contributed by atoms with Crippen LogP contribution in [-0.4, -0.2) is 39.2 Å². The molecule has 8 heteroatoms. The second-order valence-corrected chi connectivity index (χ2v) is 8.61. The van der Waals surface area contributed by atoms with Crippen LogP contribution in [0.25, 0.3) is 21.9 Å². The Hall–Kier alpha value is -2.71. The summed E-state index contributed by atoms with van der Waals surface area (Å²) in [6.07, 6.45) is 3.31. The molecule has 154 valence electrons. The Balaban J connectivity index is 1.40. The van der Waals surface area contributed by atoms with Crippen molar-refractivity contribution in [2.75, 3.05) is 13.1 Å². The fourth-order valence-corrected chi connectivity index (χ4v) is 4.84. The molecule has 4 aromatic rings. The molecule has 30 heavy (non-hydrogen) atoms. The van der Waals surface area contributed by atoms with Crippen LogP contribution in [0.1, 0.15) is 36.1 Å². The van der Waals surface area contributed by atoms with Gasteiger partial charge in [0.15, 0.2) is 5.58 Å². The predicted octanol–water partition coefficient (Wildman–Crippen LogP) is 5.22. The van der Waals surface area contributed by atoms with E-state index in [4.69, 9.17) is 4.52 Å². The standard InChI is InChI=1S/C22H19BrFN3O3/c23-13-1-4-18-16(9-13)17(11-25-18)21(22(28)29)27-7-5-12(6-8-27)20-15-3-2-14(24)10-19(15)30-26-20/h1-4,9-12,21,25H,5-8H2,(H,28,29)/t21-/m1/s1. The summed E-state index contributed by atoms with van der Waals surface area (Å²) in [6.45, 7) is 1.25. The second-order valence-electron chi connectivity index (χ2n) is 7.69. The lowest BCUT2D eigenvalue weighted by Gasteiger charge is -2.35. The first-order valence-corrected chi connectivity index (χ1v) is 10.6. The molecule has 0 spiro atoms. The van der Waals surface area contributed by atoms with Crippen LogP contribution in [0.4, 0.5) is 4.39 Å².